The highest BCUT2D eigenvalue weighted by Crippen LogP contribution is 2.31. The molecule has 138 valence electrons. The Kier molecular flexibility index (Phi) is 3.95. The Labute approximate surface area is 164 Å². The first-order valence-electron chi connectivity index (χ1n) is 8.75. The van der Waals surface area contributed by atoms with Crippen LogP contribution in [0.15, 0.2) is 65.1 Å². The number of carbonyl (C=O) groups is 1. The van der Waals surface area contributed by atoms with E-state index in [0.717, 1.165) is 27.1 Å². The van der Waals surface area contributed by atoms with Crippen molar-refractivity contribution < 1.29 is 13.9 Å². The van der Waals surface area contributed by atoms with E-state index in [0.29, 0.717) is 16.4 Å². The number of hydrogen-bond acceptors (Lipinski definition) is 6. The van der Waals surface area contributed by atoms with Crippen molar-refractivity contribution in [1.29, 1.82) is 0 Å². The van der Waals surface area contributed by atoms with Crippen molar-refractivity contribution in [1.82, 2.24) is 14.8 Å². The van der Waals surface area contributed by atoms with Crippen LogP contribution in [-0.4, -0.2) is 20.7 Å². The van der Waals surface area contributed by atoms with Crippen LogP contribution in [0.25, 0.3) is 27.0 Å². The molecule has 28 heavy (non-hydrogen) atoms. The minimum absolute atomic E-state index is 0.00838. The number of para-hydroxylation sites is 3. The lowest BCUT2D eigenvalue weighted by Crippen LogP contribution is -2.03. The molecule has 2 aromatic carbocycles. The van der Waals surface area contributed by atoms with Crippen LogP contribution in [0.5, 0.6) is 0 Å². The van der Waals surface area contributed by atoms with E-state index in [9.17, 15) is 4.79 Å². The third kappa shape index (κ3) is 2.86. The quantitative estimate of drug-likeness (QED) is 0.409. The predicted octanol–water partition coefficient (Wildman–Crippen LogP) is 4.89. The number of thiophene rings is 1. The molecular weight excluding hydrogens is 374 g/mol. The van der Waals surface area contributed by atoms with Crippen LogP contribution in [0.1, 0.15) is 21.3 Å². The van der Waals surface area contributed by atoms with Crippen molar-refractivity contribution >= 4 is 38.6 Å². The lowest BCUT2D eigenvalue weighted by molar-refractivity contribution is 0.0446. The average molecular weight is 389 g/mol. The molecule has 0 aliphatic rings. The standard InChI is InChI=1S/C21H15N3O3S/c1-13-15-11-18(28-20(15)24(23-13)14-7-3-2-4-8-14)21(25)26-12-19-22-16-9-5-6-10-17(16)27-19/h2-11H,12H2,1H3. The Bertz CT molecular complexity index is 1270. The van der Waals surface area contributed by atoms with Gasteiger partial charge in [0.15, 0.2) is 12.2 Å². The molecule has 3 heterocycles. The fourth-order valence-corrected chi connectivity index (χ4v) is 4.15. The molecule has 0 saturated carbocycles. The largest absolute Gasteiger partial charge is 0.451 e. The summed E-state index contributed by atoms with van der Waals surface area (Å²) in [4.78, 5) is 18.3. The fourth-order valence-electron chi connectivity index (χ4n) is 3.07. The number of aryl methyl sites for hydroxylation is 1. The summed E-state index contributed by atoms with van der Waals surface area (Å²) in [5.41, 5.74) is 3.24. The number of rotatable bonds is 4. The molecule has 0 aliphatic heterocycles. The van der Waals surface area contributed by atoms with Gasteiger partial charge in [-0.2, -0.15) is 5.10 Å². The van der Waals surface area contributed by atoms with Gasteiger partial charge in [-0.25, -0.2) is 14.5 Å². The van der Waals surface area contributed by atoms with Crippen LogP contribution in [0.4, 0.5) is 0 Å². The van der Waals surface area contributed by atoms with Crippen molar-refractivity contribution in [3.05, 3.63) is 77.1 Å². The Morgan fingerprint density at radius 1 is 1.14 bits per heavy atom. The number of hydrogen-bond donors (Lipinski definition) is 0. The van der Waals surface area contributed by atoms with Gasteiger partial charge in [0, 0.05) is 5.39 Å². The molecule has 0 aliphatic carbocycles. The molecule has 0 radical (unpaired) electrons. The lowest BCUT2D eigenvalue weighted by atomic mass is 10.3. The molecule has 0 saturated heterocycles. The zero-order valence-corrected chi connectivity index (χ0v) is 15.8. The molecule has 0 spiro atoms. The Morgan fingerprint density at radius 2 is 1.93 bits per heavy atom. The van der Waals surface area contributed by atoms with E-state index in [1.807, 2.05) is 72.3 Å². The molecule has 5 aromatic rings. The van der Waals surface area contributed by atoms with E-state index >= 15 is 0 Å². The van der Waals surface area contributed by atoms with Gasteiger partial charge >= 0.3 is 5.97 Å². The predicted molar refractivity (Wildman–Crippen MR) is 107 cm³/mol. The normalized spacial score (nSPS) is 11.3. The third-order valence-corrected chi connectivity index (χ3v) is 5.50. The molecule has 3 aromatic heterocycles. The summed E-state index contributed by atoms with van der Waals surface area (Å²) in [5.74, 6) is -0.0234. The van der Waals surface area contributed by atoms with E-state index < -0.39 is 5.97 Å². The van der Waals surface area contributed by atoms with Crippen LogP contribution < -0.4 is 0 Å². The first kappa shape index (κ1) is 16.7. The van der Waals surface area contributed by atoms with Gasteiger partial charge in [0.25, 0.3) is 0 Å². The molecule has 7 heteroatoms. The van der Waals surface area contributed by atoms with E-state index in [2.05, 4.69) is 10.1 Å². The number of aromatic nitrogens is 3. The number of benzene rings is 2. The number of nitrogens with zero attached hydrogens (tertiary/aromatic N) is 3. The van der Waals surface area contributed by atoms with Gasteiger partial charge in [-0.3, -0.25) is 0 Å². The smallest absolute Gasteiger partial charge is 0.348 e. The molecule has 0 amide bonds. The summed E-state index contributed by atoms with van der Waals surface area (Å²) in [6.45, 7) is 1.92. The van der Waals surface area contributed by atoms with Gasteiger partial charge in [-0.05, 0) is 37.3 Å². The summed E-state index contributed by atoms with van der Waals surface area (Å²) in [6.07, 6.45) is 0. The van der Waals surface area contributed by atoms with Crippen molar-refractivity contribution in [2.75, 3.05) is 0 Å². The maximum Gasteiger partial charge on any atom is 0.348 e. The van der Waals surface area contributed by atoms with E-state index in [1.54, 1.807) is 0 Å². The number of carbonyl (C=O) groups excluding carboxylic acids is 1. The molecular formula is C21H15N3O3S. The Morgan fingerprint density at radius 3 is 2.75 bits per heavy atom. The molecule has 0 bridgehead atoms. The summed E-state index contributed by atoms with van der Waals surface area (Å²) < 4.78 is 12.9. The summed E-state index contributed by atoms with van der Waals surface area (Å²) in [6, 6.07) is 19.1. The minimum atomic E-state index is -0.400. The SMILES string of the molecule is Cc1nn(-c2ccccc2)c2sc(C(=O)OCc3nc4ccccc4o3)cc12. The van der Waals surface area contributed by atoms with Gasteiger partial charge in [0.1, 0.15) is 15.2 Å². The zero-order chi connectivity index (χ0) is 19.1. The third-order valence-electron chi connectivity index (χ3n) is 4.41. The van der Waals surface area contributed by atoms with Gasteiger partial charge < -0.3 is 9.15 Å². The van der Waals surface area contributed by atoms with Crippen LogP contribution in [-0.2, 0) is 11.3 Å². The molecule has 6 nitrogen and oxygen atoms in total. The summed E-state index contributed by atoms with van der Waals surface area (Å²) in [5, 5.41) is 5.54. The van der Waals surface area contributed by atoms with Crippen LogP contribution in [0.3, 0.4) is 0 Å². The Hall–Kier alpha value is -3.45. The number of oxazole rings is 1. The highest BCUT2D eigenvalue weighted by atomic mass is 32.1. The molecule has 0 unspecified atom stereocenters. The highest BCUT2D eigenvalue weighted by Gasteiger charge is 2.19. The van der Waals surface area contributed by atoms with Crippen molar-refractivity contribution in [3.63, 3.8) is 0 Å². The topological polar surface area (TPSA) is 70.2 Å². The number of esters is 1. The first-order chi connectivity index (χ1) is 13.7. The van der Waals surface area contributed by atoms with Crippen molar-refractivity contribution in [2.24, 2.45) is 0 Å². The van der Waals surface area contributed by atoms with Crippen molar-refractivity contribution in [2.45, 2.75) is 13.5 Å². The fraction of sp³-hybridized carbons (Fsp3) is 0.0952. The lowest BCUT2D eigenvalue weighted by Gasteiger charge is -2.01. The highest BCUT2D eigenvalue weighted by molar-refractivity contribution is 7.20. The van der Waals surface area contributed by atoms with Gasteiger partial charge in [-0.1, -0.05) is 30.3 Å². The summed E-state index contributed by atoms with van der Waals surface area (Å²) in [7, 11) is 0. The van der Waals surface area contributed by atoms with Gasteiger partial charge in [0.05, 0.1) is 11.4 Å². The monoisotopic (exact) mass is 389 g/mol. The summed E-state index contributed by atoms with van der Waals surface area (Å²) >= 11 is 1.36. The number of ether oxygens (including phenoxy) is 1. The second kappa shape index (κ2) is 6.61. The molecule has 0 atom stereocenters. The maximum absolute atomic E-state index is 12.5. The second-order valence-electron chi connectivity index (χ2n) is 6.31. The van der Waals surface area contributed by atoms with Crippen LogP contribution in [0, 0.1) is 6.92 Å². The van der Waals surface area contributed by atoms with Crippen LogP contribution in [0.2, 0.25) is 0 Å². The molecule has 5 rings (SSSR count). The average Bonchev–Trinajstić information content (AvgIpc) is 3.41. The van der Waals surface area contributed by atoms with E-state index in [-0.39, 0.29) is 6.61 Å². The van der Waals surface area contributed by atoms with Crippen molar-refractivity contribution in [3.8, 4) is 5.69 Å². The maximum atomic E-state index is 12.5. The Balaban J connectivity index is 1.40. The van der Waals surface area contributed by atoms with E-state index in [1.165, 1.54) is 11.3 Å². The van der Waals surface area contributed by atoms with E-state index in [4.69, 9.17) is 9.15 Å². The second-order valence-corrected chi connectivity index (χ2v) is 7.34. The number of fused-ring (bicyclic) bond motifs is 2. The molecule has 0 N–H and O–H groups in total. The van der Waals surface area contributed by atoms with Gasteiger partial charge in [-0.15, -0.1) is 11.3 Å². The first-order valence-corrected chi connectivity index (χ1v) is 9.57. The molecule has 0 fully saturated rings. The van der Waals surface area contributed by atoms with Gasteiger partial charge in [0.2, 0.25) is 5.89 Å². The van der Waals surface area contributed by atoms with Crippen LogP contribution >= 0.6 is 11.3 Å². The minimum Gasteiger partial charge on any atom is -0.451 e. The zero-order valence-electron chi connectivity index (χ0n) is 15.0.